The molecule has 1 aromatic heterocycles. The van der Waals surface area contributed by atoms with Crippen molar-refractivity contribution >= 4 is 0 Å². The van der Waals surface area contributed by atoms with E-state index >= 15 is 0 Å². The Kier molecular flexibility index (Phi) is 2.42. The Bertz CT molecular complexity index is 250. The summed E-state index contributed by atoms with van der Waals surface area (Å²) in [7, 11) is 1.62. The van der Waals surface area contributed by atoms with Gasteiger partial charge in [0.05, 0.1) is 0 Å². The predicted molar refractivity (Wildman–Crippen MR) is 43.5 cm³/mol. The first-order valence-corrected chi connectivity index (χ1v) is 3.81. The average molecular weight is 170 g/mol. The summed E-state index contributed by atoms with van der Waals surface area (Å²) in [4.78, 5) is 0. The number of nitrogens with zero attached hydrogens (tertiary/aromatic N) is 4. The predicted octanol–water partition coefficient (Wildman–Crippen LogP) is 0.574. The first-order valence-electron chi connectivity index (χ1n) is 3.81. The van der Waals surface area contributed by atoms with Crippen molar-refractivity contribution in [2.45, 2.75) is 32.9 Å². The molecule has 0 atom stereocenters. The lowest BCUT2D eigenvalue weighted by Crippen LogP contribution is -2.20. The smallest absolute Gasteiger partial charge is 0.159 e. The normalized spacial score (nSPS) is 12.0. The Morgan fingerprint density at radius 3 is 2.58 bits per heavy atom. The number of rotatable bonds is 2. The number of hydrogen-bond acceptors (Lipinski definition) is 4. The zero-order valence-electron chi connectivity index (χ0n) is 7.90. The quantitative estimate of drug-likeness (QED) is 0.651. The molecule has 0 spiro atoms. The fourth-order valence-corrected chi connectivity index (χ4v) is 0.951. The number of aromatic nitrogens is 4. The van der Waals surface area contributed by atoms with Crippen molar-refractivity contribution in [3.05, 3.63) is 5.82 Å². The number of methoxy groups -OCH3 is 1. The van der Waals surface area contributed by atoms with Gasteiger partial charge in [-0.25, -0.2) is 4.68 Å². The highest BCUT2D eigenvalue weighted by Crippen LogP contribution is 2.17. The van der Waals surface area contributed by atoms with E-state index in [4.69, 9.17) is 4.74 Å². The van der Waals surface area contributed by atoms with Crippen LogP contribution in [0.2, 0.25) is 0 Å². The molecule has 0 aromatic carbocycles. The SMILES string of the molecule is COCn1nnnc1C(C)(C)C. The summed E-state index contributed by atoms with van der Waals surface area (Å²) in [5.74, 6) is 0.837. The highest BCUT2D eigenvalue weighted by atomic mass is 16.5. The molecule has 1 aromatic rings. The largest absolute Gasteiger partial charge is 0.362 e. The van der Waals surface area contributed by atoms with Crippen molar-refractivity contribution in [1.82, 2.24) is 20.2 Å². The Balaban J connectivity index is 2.91. The van der Waals surface area contributed by atoms with Gasteiger partial charge in [0.2, 0.25) is 0 Å². The van der Waals surface area contributed by atoms with Crippen LogP contribution in [0, 0.1) is 0 Å². The minimum Gasteiger partial charge on any atom is -0.362 e. The van der Waals surface area contributed by atoms with Gasteiger partial charge < -0.3 is 4.74 Å². The second kappa shape index (κ2) is 3.18. The summed E-state index contributed by atoms with van der Waals surface area (Å²) in [6, 6.07) is 0. The van der Waals surface area contributed by atoms with Crippen LogP contribution in [0.5, 0.6) is 0 Å². The van der Waals surface area contributed by atoms with Crippen molar-refractivity contribution in [3.8, 4) is 0 Å². The van der Waals surface area contributed by atoms with Crippen molar-refractivity contribution in [2.75, 3.05) is 7.11 Å². The first kappa shape index (κ1) is 9.12. The molecule has 0 saturated heterocycles. The fourth-order valence-electron chi connectivity index (χ4n) is 0.951. The molecule has 0 saturated carbocycles. The molecule has 5 heteroatoms. The van der Waals surface area contributed by atoms with E-state index in [9.17, 15) is 0 Å². The van der Waals surface area contributed by atoms with Crippen molar-refractivity contribution in [2.24, 2.45) is 0 Å². The van der Waals surface area contributed by atoms with Gasteiger partial charge in [0, 0.05) is 12.5 Å². The maximum Gasteiger partial charge on any atom is 0.159 e. The second-order valence-electron chi connectivity index (χ2n) is 3.67. The third-order valence-corrected chi connectivity index (χ3v) is 1.45. The lowest BCUT2D eigenvalue weighted by molar-refractivity contribution is 0.113. The average Bonchev–Trinajstić information content (AvgIpc) is 2.34. The van der Waals surface area contributed by atoms with Crippen LogP contribution in [0.15, 0.2) is 0 Å². The van der Waals surface area contributed by atoms with Gasteiger partial charge in [0.1, 0.15) is 6.73 Å². The van der Waals surface area contributed by atoms with Gasteiger partial charge in [-0.15, -0.1) is 5.10 Å². The molecule has 0 unspecified atom stereocenters. The molecule has 1 heterocycles. The highest BCUT2D eigenvalue weighted by molar-refractivity contribution is 4.97. The van der Waals surface area contributed by atoms with E-state index in [0.29, 0.717) is 6.73 Å². The number of ether oxygens (including phenoxy) is 1. The summed E-state index contributed by atoms with van der Waals surface area (Å²) in [6.07, 6.45) is 0. The topological polar surface area (TPSA) is 52.8 Å². The Labute approximate surface area is 71.7 Å². The zero-order valence-corrected chi connectivity index (χ0v) is 7.90. The summed E-state index contributed by atoms with van der Waals surface area (Å²) >= 11 is 0. The molecule has 1 rings (SSSR count). The van der Waals surface area contributed by atoms with Gasteiger partial charge >= 0.3 is 0 Å². The van der Waals surface area contributed by atoms with Crippen LogP contribution in [-0.4, -0.2) is 27.3 Å². The maximum atomic E-state index is 4.94. The van der Waals surface area contributed by atoms with Crippen molar-refractivity contribution in [3.63, 3.8) is 0 Å². The molecule has 0 aliphatic rings. The lowest BCUT2D eigenvalue weighted by atomic mass is 9.96. The van der Waals surface area contributed by atoms with Crippen LogP contribution in [0.4, 0.5) is 0 Å². The standard InChI is InChI=1S/C7H14N4O/c1-7(2,3)6-8-9-10-11(6)5-12-4/h5H2,1-4H3. The molecule has 5 nitrogen and oxygen atoms in total. The zero-order chi connectivity index (χ0) is 9.19. The molecular weight excluding hydrogens is 156 g/mol. The molecule has 0 bridgehead atoms. The Hall–Kier alpha value is -0.970. The van der Waals surface area contributed by atoms with Gasteiger partial charge in [0.15, 0.2) is 5.82 Å². The molecule has 0 aliphatic carbocycles. The van der Waals surface area contributed by atoms with E-state index in [-0.39, 0.29) is 5.41 Å². The molecule has 0 radical (unpaired) electrons. The summed E-state index contributed by atoms with van der Waals surface area (Å²) in [5, 5.41) is 11.3. The van der Waals surface area contributed by atoms with Crippen LogP contribution in [0.25, 0.3) is 0 Å². The summed E-state index contributed by atoms with van der Waals surface area (Å²) < 4.78 is 6.60. The molecule has 0 fully saturated rings. The number of tetrazole rings is 1. The molecule has 68 valence electrons. The van der Waals surface area contributed by atoms with E-state index in [0.717, 1.165) is 5.82 Å². The van der Waals surface area contributed by atoms with Crippen LogP contribution >= 0.6 is 0 Å². The van der Waals surface area contributed by atoms with Gasteiger partial charge in [-0.1, -0.05) is 20.8 Å². The van der Waals surface area contributed by atoms with Crippen molar-refractivity contribution in [1.29, 1.82) is 0 Å². The van der Waals surface area contributed by atoms with E-state index in [2.05, 4.69) is 36.3 Å². The van der Waals surface area contributed by atoms with E-state index in [1.807, 2.05) is 0 Å². The molecule has 0 aliphatic heterocycles. The third-order valence-electron chi connectivity index (χ3n) is 1.45. The van der Waals surface area contributed by atoms with Gasteiger partial charge in [0.25, 0.3) is 0 Å². The van der Waals surface area contributed by atoms with Crippen LogP contribution in [0.1, 0.15) is 26.6 Å². The lowest BCUT2D eigenvalue weighted by Gasteiger charge is -2.16. The van der Waals surface area contributed by atoms with E-state index < -0.39 is 0 Å². The molecular formula is C7H14N4O. The molecule has 0 amide bonds. The minimum atomic E-state index is -0.0397. The van der Waals surface area contributed by atoms with Crippen LogP contribution in [-0.2, 0) is 16.9 Å². The highest BCUT2D eigenvalue weighted by Gasteiger charge is 2.21. The second-order valence-corrected chi connectivity index (χ2v) is 3.67. The molecule has 12 heavy (non-hydrogen) atoms. The maximum absolute atomic E-state index is 4.94. The van der Waals surface area contributed by atoms with Crippen molar-refractivity contribution < 1.29 is 4.74 Å². The minimum absolute atomic E-state index is 0.0397. The fraction of sp³-hybridized carbons (Fsp3) is 0.857. The Morgan fingerprint density at radius 2 is 2.08 bits per heavy atom. The summed E-state index contributed by atoms with van der Waals surface area (Å²) in [5.41, 5.74) is -0.0397. The third kappa shape index (κ3) is 1.79. The summed E-state index contributed by atoms with van der Waals surface area (Å²) in [6.45, 7) is 6.58. The first-order chi connectivity index (χ1) is 5.55. The molecule has 0 N–H and O–H groups in total. The van der Waals surface area contributed by atoms with E-state index in [1.165, 1.54) is 0 Å². The van der Waals surface area contributed by atoms with Crippen LogP contribution < -0.4 is 0 Å². The number of hydrogen-bond donors (Lipinski definition) is 0. The monoisotopic (exact) mass is 170 g/mol. The van der Waals surface area contributed by atoms with Gasteiger partial charge in [-0.2, -0.15) is 0 Å². The van der Waals surface area contributed by atoms with Gasteiger partial charge in [-0.05, 0) is 10.4 Å². The van der Waals surface area contributed by atoms with Crippen LogP contribution in [0.3, 0.4) is 0 Å². The van der Waals surface area contributed by atoms with Gasteiger partial charge in [-0.3, -0.25) is 0 Å². The van der Waals surface area contributed by atoms with E-state index in [1.54, 1.807) is 11.8 Å². The Morgan fingerprint density at radius 1 is 1.42 bits per heavy atom.